The van der Waals surface area contributed by atoms with Crippen LogP contribution in [0.15, 0.2) is 30.5 Å². The molecule has 4 nitrogen and oxygen atoms in total. The second-order valence-corrected chi connectivity index (χ2v) is 4.79. The lowest BCUT2D eigenvalue weighted by Gasteiger charge is -2.19. The quantitative estimate of drug-likeness (QED) is 0.900. The molecule has 1 atom stereocenters. The van der Waals surface area contributed by atoms with E-state index in [1.54, 1.807) is 23.0 Å². The Morgan fingerprint density at radius 1 is 1.47 bits per heavy atom. The molecule has 98 valence electrons. The van der Waals surface area contributed by atoms with E-state index in [2.05, 4.69) is 5.10 Å². The van der Waals surface area contributed by atoms with Gasteiger partial charge in [0.2, 0.25) is 0 Å². The molecule has 19 heavy (non-hydrogen) atoms. The van der Waals surface area contributed by atoms with Crippen molar-refractivity contribution in [1.82, 2.24) is 9.78 Å². The molecule has 0 aliphatic heterocycles. The van der Waals surface area contributed by atoms with Gasteiger partial charge in [-0.2, -0.15) is 5.10 Å². The molecule has 1 heterocycles. The first-order valence-electron chi connectivity index (χ1n) is 6.19. The number of carboxylic acid groups (broad SMARTS) is 1. The zero-order valence-electron chi connectivity index (χ0n) is 10.2. The molecule has 0 saturated heterocycles. The highest BCUT2D eigenvalue weighted by Crippen LogP contribution is 2.27. The number of fused-ring (bicyclic) bond motifs is 1. The highest BCUT2D eigenvalue weighted by molar-refractivity contribution is 5.71. The molecule has 0 unspecified atom stereocenters. The minimum absolute atomic E-state index is 0.305. The lowest BCUT2D eigenvalue weighted by atomic mass is 9.88. The Morgan fingerprint density at radius 3 is 3.05 bits per heavy atom. The van der Waals surface area contributed by atoms with Crippen LogP contribution in [0, 0.1) is 11.7 Å². The largest absolute Gasteiger partial charge is 0.481 e. The minimum Gasteiger partial charge on any atom is -0.481 e. The number of hydrogen-bond acceptors (Lipinski definition) is 2. The van der Waals surface area contributed by atoms with E-state index in [0.717, 1.165) is 11.3 Å². The van der Waals surface area contributed by atoms with E-state index in [1.807, 2.05) is 0 Å². The summed E-state index contributed by atoms with van der Waals surface area (Å²) in [7, 11) is 0. The number of rotatable bonds is 2. The number of halogens is 1. The number of aromatic nitrogens is 2. The van der Waals surface area contributed by atoms with E-state index < -0.39 is 5.97 Å². The fraction of sp³-hybridized carbons (Fsp3) is 0.286. The summed E-state index contributed by atoms with van der Waals surface area (Å²) in [6, 6.07) is 6.25. The van der Waals surface area contributed by atoms with Crippen molar-refractivity contribution in [2.45, 2.75) is 19.3 Å². The van der Waals surface area contributed by atoms with Gasteiger partial charge in [0.1, 0.15) is 5.82 Å². The fourth-order valence-corrected chi connectivity index (χ4v) is 2.56. The van der Waals surface area contributed by atoms with Gasteiger partial charge >= 0.3 is 5.97 Å². The Labute approximate surface area is 109 Å². The average Bonchev–Trinajstić information content (AvgIpc) is 2.81. The molecule has 1 aromatic heterocycles. The van der Waals surface area contributed by atoms with E-state index in [9.17, 15) is 9.18 Å². The molecular weight excluding hydrogens is 247 g/mol. The first-order chi connectivity index (χ1) is 9.15. The van der Waals surface area contributed by atoms with Crippen LogP contribution in [0.25, 0.3) is 5.69 Å². The van der Waals surface area contributed by atoms with Gasteiger partial charge < -0.3 is 5.11 Å². The summed E-state index contributed by atoms with van der Waals surface area (Å²) in [4.78, 5) is 11.0. The monoisotopic (exact) mass is 260 g/mol. The molecule has 1 aliphatic carbocycles. The molecular formula is C14H13FN2O2. The van der Waals surface area contributed by atoms with Gasteiger partial charge in [-0.3, -0.25) is 4.79 Å². The van der Waals surface area contributed by atoms with Gasteiger partial charge in [0.05, 0.1) is 17.8 Å². The average molecular weight is 260 g/mol. The van der Waals surface area contributed by atoms with E-state index in [1.165, 1.54) is 12.1 Å². The highest BCUT2D eigenvalue weighted by atomic mass is 19.1. The minimum atomic E-state index is -0.760. The standard InChI is InChI=1S/C14H13FN2O2/c15-11-2-1-3-12(7-11)17-13-5-4-9(14(18)19)6-10(13)8-16-17/h1-3,7-9H,4-6H2,(H,18,19)/t9-/m0/s1. The fourth-order valence-electron chi connectivity index (χ4n) is 2.56. The molecule has 1 aromatic carbocycles. The number of carboxylic acids is 1. The molecule has 0 amide bonds. The first-order valence-corrected chi connectivity index (χ1v) is 6.19. The van der Waals surface area contributed by atoms with Crippen LogP contribution in [0.1, 0.15) is 17.7 Å². The lowest BCUT2D eigenvalue weighted by Crippen LogP contribution is -2.22. The SMILES string of the molecule is O=C(O)[C@H]1CCc2c(cnn2-c2cccc(F)c2)C1. The van der Waals surface area contributed by atoms with Gasteiger partial charge in [-0.25, -0.2) is 9.07 Å². The summed E-state index contributed by atoms with van der Waals surface area (Å²) in [5.74, 6) is -1.40. The van der Waals surface area contributed by atoms with Gasteiger partial charge in [-0.05, 0) is 43.0 Å². The summed E-state index contributed by atoms with van der Waals surface area (Å²) in [5, 5.41) is 13.3. The molecule has 2 aromatic rings. The number of carbonyl (C=O) groups is 1. The van der Waals surface area contributed by atoms with Crippen LogP contribution in [-0.4, -0.2) is 20.9 Å². The molecule has 0 saturated carbocycles. The zero-order valence-corrected chi connectivity index (χ0v) is 10.2. The normalized spacial score (nSPS) is 18.1. The molecule has 0 bridgehead atoms. The number of aliphatic carboxylic acids is 1. The Morgan fingerprint density at radius 2 is 2.32 bits per heavy atom. The number of nitrogens with zero attached hydrogens (tertiary/aromatic N) is 2. The first kappa shape index (κ1) is 11.9. The molecule has 0 fully saturated rings. The van der Waals surface area contributed by atoms with E-state index >= 15 is 0 Å². The number of benzene rings is 1. The summed E-state index contributed by atoms with van der Waals surface area (Å²) >= 11 is 0. The summed E-state index contributed by atoms with van der Waals surface area (Å²) in [6.07, 6.45) is 3.45. The smallest absolute Gasteiger partial charge is 0.306 e. The maximum Gasteiger partial charge on any atom is 0.306 e. The van der Waals surface area contributed by atoms with Crippen LogP contribution in [0.4, 0.5) is 4.39 Å². The van der Waals surface area contributed by atoms with Gasteiger partial charge in [-0.15, -0.1) is 0 Å². The molecule has 3 rings (SSSR count). The van der Waals surface area contributed by atoms with Crippen LogP contribution in [-0.2, 0) is 17.6 Å². The predicted octanol–water partition coefficient (Wildman–Crippen LogP) is 2.20. The van der Waals surface area contributed by atoms with Crippen LogP contribution < -0.4 is 0 Å². The molecule has 5 heteroatoms. The highest BCUT2D eigenvalue weighted by Gasteiger charge is 2.27. The van der Waals surface area contributed by atoms with Crippen LogP contribution in [0.3, 0.4) is 0 Å². The predicted molar refractivity (Wildman–Crippen MR) is 66.7 cm³/mol. The van der Waals surface area contributed by atoms with Gasteiger partial charge in [0.25, 0.3) is 0 Å². The molecule has 0 radical (unpaired) electrons. The van der Waals surface area contributed by atoms with Gasteiger partial charge in [0, 0.05) is 5.69 Å². The topological polar surface area (TPSA) is 55.1 Å². The molecule has 1 N–H and O–H groups in total. The van der Waals surface area contributed by atoms with E-state index in [0.29, 0.717) is 24.9 Å². The maximum atomic E-state index is 13.2. The van der Waals surface area contributed by atoms with Crippen LogP contribution in [0.5, 0.6) is 0 Å². The maximum absolute atomic E-state index is 13.2. The molecule has 0 spiro atoms. The van der Waals surface area contributed by atoms with Crippen molar-refractivity contribution in [3.05, 3.63) is 47.5 Å². The number of hydrogen-bond donors (Lipinski definition) is 1. The van der Waals surface area contributed by atoms with Crippen molar-refractivity contribution in [3.8, 4) is 5.69 Å². The van der Waals surface area contributed by atoms with E-state index in [4.69, 9.17) is 5.11 Å². The van der Waals surface area contributed by atoms with Crippen LogP contribution in [0.2, 0.25) is 0 Å². The van der Waals surface area contributed by atoms with Crippen molar-refractivity contribution in [3.63, 3.8) is 0 Å². The van der Waals surface area contributed by atoms with Gasteiger partial charge in [-0.1, -0.05) is 6.07 Å². The Hall–Kier alpha value is -2.17. The summed E-state index contributed by atoms with van der Waals surface area (Å²) in [6.45, 7) is 0. The third-order valence-corrected chi connectivity index (χ3v) is 3.55. The van der Waals surface area contributed by atoms with Crippen LogP contribution >= 0.6 is 0 Å². The molecule has 1 aliphatic rings. The second kappa shape index (κ2) is 4.50. The second-order valence-electron chi connectivity index (χ2n) is 4.79. The van der Waals surface area contributed by atoms with Crippen molar-refractivity contribution < 1.29 is 14.3 Å². The van der Waals surface area contributed by atoms with Crippen molar-refractivity contribution >= 4 is 5.97 Å². The van der Waals surface area contributed by atoms with Crippen molar-refractivity contribution in [2.24, 2.45) is 5.92 Å². The van der Waals surface area contributed by atoms with Crippen molar-refractivity contribution in [1.29, 1.82) is 0 Å². The van der Waals surface area contributed by atoms with Gasteiger partial charge in [0.15, 0.2) is 0 Å². The lowest BCUT2D eigenvalue weighted by molar-refractivity contribution is -0.142. The zero-order chi connectivity index (χ0) is 13.4. The van der Waals surface area contributed by atoms with E-state index in [-0.39, 0.29) is 11.7 Å². The summed E-state index contributed by atoms with van der Waals surface area (Å²) < 4.78 is 14.9. The Balaban J connectivity index is 1.97. The third-order valence-electron chi connectivity index (χ3n) is 3.55. The van der Waals surface area contributed by atoms with Crippen molar-refractivity contribution in [2.75, 3.05) is 0 Å². The Kier molecular flexibility index (Phi) is 2.81. The third kappa shape index (κ3) is 2.12. The summed E-state index contributed by atoms with van der Waals surface area (Å²) in [5.41, 5.74) is 2.61. The Bertz CT molecular complexity index is 636.